The van der Waals surface area contributed by atoms with Crippen molar-refractivity contribution >= 4 is 28.9 Å². The van der Waals surface area contributed by atoms with Crippen LogP contribution in [-0.4, -0.2) is 36.2 Å². The lowest BCUT2D eigenvalue weighted by Gasteiger charge is -2.39. The topological polar surface area (TPSA) is 66.8 Å². The summed E-state index contributed by atoms with van der Waals surface area (Å²) in [6.07, 6.45) is 7.51. The number of aromatic carboxylic acids is 1. The van der Waals surface area contributed by atoms with Crippen molar-refractivity contribution in [2.75, 3.05) is 12.0 Å². The summed E-state index contributed by atoms with van der Waals surface area (Å²) in [5, 5.41) is 9.97. The van der Waals surface area contributed by atoms with Crippen molar-refractivity contribution in [3.8, 4) is 11.8 Å². The fraction of sp³-hybridized carbons (Fsp3) is 0.692. The summed E-state index contributed by atoms with van der Waals surface area (Å²) in [6, 6.07) is 1.84. The number of rotatable bonds is 5. The van der Waals surface area contributed by atoms with Crippen LogP contribution in [0.2, 0.25) is 0 Å². The molecule has 1 amide bonds. The zero-order valence-electron chi connectivity index (χ0n) is 20.1. The molecule has 0 unspecified atom stereocenters. The van der Waals surface area contributed by atoms with Gasteiger partial charge in [0, 0.05) is 24.5 Å². The molecular weight excluding hydrogens is 422 g/mol. The molecule has 5 nitrogen and oxygen atoms in total. The third-order valence-electron chi connectivity index (χ3n) is 6.67. The molecule has 0 spiro atoms. The Bertz CT molecular complexity index is 872. The van der Waals surface area contributed by atoms with E-state index in [1.54, 1.807) is 7.11 Å². The lowest BCUT2D eigenvalue weighted by molar-refractivity contribution is -0.124. The summed E-state index contributed by atoms with van der Waals surface area (Å²) in [6.45, 7) is 8.33. The van der Waals surface area contributed by atoms with Crippen LogP contribution in [0.15, 0.2) is 6.07 Å². The fourth-order valence-electron chi connectivity index (χ4n) is 4.76. The Morgan fingerprint density at radius 1 is 1.09 bits per heavy atom. The standard InChI is InChI=1S/C26H37NO4S/c1-17-6-8-18(9-7-17)24(28)27(19-10-12-20(31-5)13-11-19)22-16-21(14-15-26(2,3)4)32-23(22)25(29)30/h16-20H,6-13H2,1-5H3,(H,29,30)/t17?,18?,19-,20-. The van der Waals surface area contributed by atoms with Crippen molar-refractivity contribution in [2.45, 2.75) is 91.2 Å². The van der Waals surface area contributed by atoms with Gasteiger partial charge >= 0.3 is 5.97 Å². The van der Waals surface area contributed by atoms with Crippen molar-refractivity contribution < 1.29 is 19.4 Å². The van der Waals surface area contributed by atoms with Crippen molar-refractivity contribution in [1.82, 2.24) is 0 Å². The normalized spacial score (nSPS) is 26.2. The number of amides is 1. The highest BCUT2D eigenvalue weighted by Gasteiger charge is 2.37. The molecule has 1 N–H and O–H groups in total. The maximum absolute atomic E-state index is 13.8. The van der Waals surface area contributed by atoms with Crippen LogP contribution in [0.3, 0.4) is 0 Å². The lowest BCUT2D eigenvalue weighted by atomic mass is 9.81. The maximum Gasteiger partial charge on any atom is 0.348 e. The molecule has 1 aromatic heterocycles. The van der Waals surface area contributed by atoms with Gasteiger partial charge in [-0.15, -0.1) is 11.3 Å². The summed E-state index contributed by atoms with van der Waals surface area (Å²) < 4.78 is 5.53. The molecule has 3 rings (SSSR count). The number of methoxy groups -OCH3 is 1. The second kappa shape index (κ2) is 10.4. The Kier molecular flexibility index (Phi) is 8.06. The van der Waals surface area contributed by atoms with Crippen molar-refractivity contribution in [2.24, 2.45) is 17.3 Å². The largest absolute Gasteiger partial charge is 0.477 e. The van der Waals surface area contributed by atoms with E-state index in [0.717, 1.165) is 51.4 Å². The van der Waals surface area contributed by atoms with Crippen LogP contribution in [0.25, 0.3) is 0 Å². The summed E-state index contributed by atoms with van der Waals surface area (Å²) >= 11 is 1.18. The number of carbonyl (C=O) groups excluding carboxylic acids is 1. The minimum Gasteiger partial charge on any atom is -0.477 e. The first-order chi connectivity index (χ1) is 15.1. The molecule has 0 aromatic carbocycles. The average molecular weight is 460 g/mol. The quantitative estimate of drug-likeness (QED) is 0.552. The van der Waals surface area contributed by atoms with E-state index in [-0.39, 0.29) is 34.3 Å². The molecule has 0 radical (unpaired) electrons. The van der Waals surface area contributed by atoms with Gasteiger partial charge in [-0.25, -0.2) is 4.79 Å². The van der Waals surface area contributed by atoms with Gasteiger partial charge in [-0.3, -0.25) is 4.79 Å². The number of carboxylic acids is 1. The predicted octanol–water partition coefficient (Wildman–Crippen LogP) is 5.96. The summed E-state index contributed by atoms with van der Waals surface area (Å²) in [5.74, 6) is 6.06. The molecule has 32 heavy (non-hydrogen) atoms. The molecule has 2 aliphatic carbocycles. The van der Waals surface area contributed by atoms with E-state index in [2.05, 4.69) is 18.8 Å². The number of hydrogen-bond donors (Lipinski definition) is 1. The Morgan fingerprint density at radius 3 is 2.25 bits per heavy atom. The van der Waals surface area contributed by atoms with Crippen LogP contribution in [0.4, 0.5) is 5.69 Å². The van der Waals surface area contributed by atoms with Gasteiger partial charge in [0.2, 0.25) is 5.91 Å². The summed E-state index contributed by atoms with van der Waals surface area (Å²) in [4.78, 5) is 28.8. The highest BCUT2D eigenvalue weighted by Crippen LogP contribution is 2.39. The maximum atomic E-state index is 13.8. The minimum absolute atomic E-state index is 0.00405. The average Bonchev–Trinajstić information content (AvgIpc) is 3.17. The van der Waals surface area contributed by atoms with Crippen molar-refractivity contribution in [3.05, 3.63) is 15.8 Å². The predicted molar refractivity (Wildman–Crippen MR) is 129 cm³/mol. The molecule has 176 valence electrons. The van der Waals surface area contributed by atoms with E-state index < -0.39 is 5.97 Å². The molecular formula is C26H37NO4S. The van der Waals surface area contributed by atoms with Gasteiger partial charge in [-0.2, -0.15) is 0 Å². The van der Waals surface area contributed by atoms with E-state index in [1.807, 2.05) is 31.7 Å². The molecule has 2 fully saturated rings. The Morgan fingerprint density at radius 2 is 1.72 bits per heavy atom. The number of anilines is 1. The first-order valence-electron chi connectivity index (χ1n) is 11.8. The zero-order chi connectivity index (χ0) is 23.5. The second-order valence-electron chi connectivity index (χ2n) is 10.5. The molecule has 6 heteroatoms. The first-order valence-corrected chi connectivity index (χ1v) is 12.7. The zero-order valence-corrected chi connectivity index (χ0v) is 20.9. The van der Waals surface area contributed by atoms with Gasteiger partial charge in [-0.1, -0.05) is 18.8 Å². The number of hydrogen-bond acceptors (Lipinski definition) is 4. The second-order valence-corrected chi connectivity index (χ2v) is 11.5. The molecule has 0 bridgehead atoms. The molecule has 1 heterocycles. The molecule has 1 aromatic rings. The van der Waals surface area contributed by atoms with E-state index in [0.29, 0.717) is 16.5 Å². The van der Waals surface area contributed by atoms with Crippen LogP contribution >= 0.6 is 11.3 Å². The molecule has 0 aliphatic heterocycles. The Labute approximate surface area is 196 Å². The molecule has 0 saturated heterocycles. The highest BCUT2D eigenvalue weighted by atomic mass is 32.1. The highest BCUT2D eigenvalue weighted by molar-refractivity contribution is 7.15. The third kappa shape index (κ3) is 6.14. The van der Waals surface area contributed by atoms with Gasteiger partial charge in [0.15, 0.2) is 0 Å². The molecule has 2 aliphatic rings. The number of thiophene rings is 1. The monoisotopic (exact) mass is 459 g/mol. The Balaban J connectivity index is 1.98. The van der Waals surface area contributed by atoms with E-state index in [4.69, 9.17) is 4.74 Å². The van der Waals surface area contributed by atoms with Crippen LogP contribution in [0.1, 0.15) is 93.6 Å². The number of nitrogens with zero attached hydrogens (tertiary/aromatic N) is 1. The molecule has 2 saturated carbocycles. The van der Waals surface area contributed by atoms with Gasteiger partial charge in [0.1, 0.15) is 4.88 Å². The third-order valence-corrected chi connectivity index (χ3v) is 7.70. The van der Waals surface area contributed by atoms with E-state index >= 15 is 0 Å². The van der Waals surface area contributed by atoms with Gasteiger partial charge in [0.05, 0.1) is 16.7 Å². The van der Waals surface area contributed by atoms with Gasteiger partial charge < -0.3 is 14.7 Å². The smallest absolute Gasteiger partial charge is 0.348 e. The summed E-state index contributed by atoms with van der Waals surface area (Å²) in [5.41, 5.74) is 0.352. The molecule has 0 atom stereocenters. The minimum atomic E-state index is -0.991. The first kappa shape index (κ1) is 24.8. The van der Waals surface area contributed by atoms with Crippen molar-refractivity contribution in [1.29, 1.82) is 0 Å². The van der Waals surface area contributed by atoms with E-state index in [9.17, 15) is 14.7 Å². The number of carboxylic acid groups (broad SMARTS) is 1. The van der Waals surface area contributed by atoms with Crippen LogP contribution < -0.4 is 4.90 Å². The number of ether oxygens (including phenoxy) is 1. The van der Waals surface area contributed by atoms with Gasteiger partial charge in [0.25, 0.3) is 0 Å². The van der Waals surface area contributed by atoms with Crippen LogP contribution in [0, 0.1) is 29.1 Å². The van der Waals surface area contributed by atoms with E-state index in [1.165, 1.54) is 11.3 Å². The lowest BCUT2D eigenvalue weighted by Crippen LogP contribution is -2.47. The van der Waals surface area contributed by atoms with Gasteiger partial charge in [-0.05, 0) is 84.1 Å². The fourth-order valence-corrected chi connectivity index (χ4v) is 5.60. The van der Waals surface area contributed by atoms with Crippen molar-refractivity contribution in [3.63, 3.8) is 0 Å². The van der Waals surface area contributed by atoms with Crippen LogP contribution in [-0.2, 0) is 9.53 Å². The Hall–Kier alpha value is -1.84. The van der Waals surface area contributed by atoms with Crippen LogP contribution in [0.5, 0.6) is 0 Å². The SMILES string of the molecule is CO[C@H]1CC[C@H](N(C(=O)C2CCC(C)CC2)c2cc(C#CC(C)(C)C)sc2C(=O)O)CC1. The number of carbonyl (C=O) groups is 2. The summed E-state index contributed by atoms with van der Waals surface area (Å²) in [7, 11) is 1.73.